The zero-order valence-corrected chi connectivity index (χ0v) is 23.2. The van der Waals surface area contributed by atoms with Crippen molar-refractivity contribution in [1.82, 2.24) is 20.1 Å². The Bertz CT molecular complexity index is 1450. The van der Waals surface area contributed by atoms with Crippen LogP contribution in [0, 0.1) is 29.8 Å². The van der Waals surface area contributed by atoms with E-state index in [0.29, 0.717) is 17.9 Å². The maximum Gasteiger partial charge on any atom is 0.310 e. The zero-order chi connectivity index (χ0) is 28.8. The minimum Gasteiger partial charge on any atom is -0.481 e. The first-order valence-electron chi connectivity index (χ1n) is 13.1. The number of aliphatic carboxylic acids is 1. The molecule has 214 valence electrons. The molecule has 0 bridgehead atoms. The first-order chi connectivity index (χ1) is 18.9. The number of piperidine rings is 1. The number of carboxylic acid groups (broad SMARTS) is 1. The van der Waals surface area contributed by atoms with E-state index in [1.54, 1.807) is 32.0 Å². The third-order valence-electron chi connectivity index (χ3n) is 8.10. The third-order valence-corrected chi connectivity index (χ3v) is 8.39. The van der Waals surface area contributed by atoms with Gasteiger partial charge in [-0.05, 0) is 39.3 Å². The summed E-state index contributed by atoms with van der Waals surface area (Å²) in [5, 5.41) is 20.0. The molecule has 2 aliphatic heterocycles. The van der Waals surface area contributed by atoms with Gasteiger partial charge in [-0.15, -0.1) is 0 Å². The molecule has 2 aromatic heterocycles. The molecule has 3 aromatic rings. The summed E-state index contributed by atoms with van der Waals surface area (Å²) in [6.45, 7) is 6.18. The van der Waals surface area contributed by atoms with Crippen molar-refractivity contribution in [2.75, 3.05) is 25.1 Å². The summed E-state index contributed by atoms with van der Waals surface area (Å²) in [5.74, 6) is -3.24. The zero-order valence-electron chi connectivity index (χ0n) is 22.5. The van der Waals surface area contributed by atoms with Crippen molar-refractivity contribution in [3.63, 3.8) is 0 Å². The number of hydrogen-bond donors (Lipinski definition) is 3. The lowest BCUT2D eigenvalue weighted by atomic mass is 9.71. The predicted molar refractivity (Wildman–Crippen MR) is 143 cm³/mol. The van der Waals surface area contributed by atoms with Crippen LogP contribution in [0.5, 0.6) is 0 Å². The largest absolute Gasteiger partial charge is 0.481 e. The van der Waals surface area contributed by atoms with Crippen LogP contribution in [-0.2, 0) is 27.9 Å². The lowest BCUT2D eigenvalue weighted by Gasteiger charge is -2.43. The number of likely N-dealkylation sites (tertiary alicyclic amines) is 1. The smallest absolute Gasteiger partial charge is 0.310 e. The number of nitrogens with one attached hydrogen (secondary N) is 2. The van der Waals surface area contributed by atoms with Gasteiger partial charge in [-0.2, -0.15) is 5.10 Å². The van der Waals surface area contributed by atoms with Gasteiger partial charge in [0.25, 0.3) is 0 Å². The molecular formula is C28H31ClF3N5O3. The number of halogens is 4. The summed E-state index contributed by atoms with van der Waals surface area (Å²) >= 11 is 5.94. The van der Waals surface area contributed by atoms with E-state index in [1.807, 2.05) is 11.8 Å². The summed E-state index contributed by atoms with van der Waals surface area (Å²) in [6, 6.07) is 6.17. The van der Waals surface area contributed by atoms with Crippen LogP contribution < -0.4 is 5.32 Å². The fourth-order valence-electron chi connectivity index (χ4n) is 5.73. The first-order valence-corrected chi connectivity index (χ1v) is 13.5. The quantitative estimate of drug-likeness (QED) is 0.324. The average molecular weight is 578 g/mol. The first kappa shape index (κ1) is 28.4. The summed E-state index contributed by atoms with van der Waals surface area (Å²) in [4.78, 5) is 19.0. The Morgan fingerprint density at radius 1 is 1.27 bits per heavy atom. The highest BCUT2D eigenvalue weighted by Gasteiger charge is 2.47. The molecule has 2 fully saturated rings. The molecule has 0 radical (unpaired) electrons. The molecule has 4 heterocycles. The fraction of sp³-hybridized carbons (Fsp3) is 0.464. The summed E-state index contributed by atoms with van der Waals surface area (Å²) in [5.41, 5.74) is -1.45. The van der Waals surface area contributed by atoms with Crippen LogP contribution in [0.15, 0.2) is 24.3 Å². The number of ether oxygens (including phenoxy) is 1. The van der Waals surface area contributed by atoms with Gasteiger partial charge in [-0.25, -0.2) is 18.2 Å². The van der Waals surface area contributed by atoms with Gasteiger partial charge >= 0.3 is 5.97 Å². The van der Waals surface area contributed by atoms with Crippen molar-refractivity contribution >= 4 is 29.2 Å². The molecule has 40 heavy (non-hydrogen) atoms. The van der Waals surface area contributed by atoms with Crippen molar-refractivity contribution < 1.29 is 27.8 Å². The number of aromatic nitrogens is 3. The number of rotatable bonds is 8. The van der Waals surface area contributed by atoms with Crippen LogP contribution in [0.4, 0.5) is 24.8 Å². The Kier molecular flexibility index (Phi) is 7.58. The Morgan fingerprint density at radius 3 is 2.62 bits per heavy atom. The topological polar surface area (TPSA) is 103 Å². The number of H-pyrrole nitrogens is 1. The Hall–Kier alpha value is -3.15. The van der Waals surface area contributed by atoms with E-state index >= 15 is 8.78 Å². The van der Waals surface area contributed by atoms with Gasteiger partial charge in [-0.3, -0.25) is 14.8 Å². The number of benzene rings is 1. The van der Waals surface area contributed by atoms with Gasteiger partial charge in [-0.1, -0.05) is 30.7 Å². The molecule has 0 spiro atoms. The number of carbonyl (C=O) groups is 1. The van der Waals surface area contributed by atoms with E-state index in [0.717, 1.165) is 5.69 Å². The molecule has 2 atom stereocenters. The van der Waals surface area contributed by atoms with E-state index in [4.69, 9.17) is 16.3 Å². The second-order valence-electron chi connectivity index (χ2n) is 11.3. The molecule has 5 rings (SSSR count). The number of aryl methyl sites for hydroxylation is 1. The Morgan fingerprint density at radius 2 is 2.02 bits per heavy atom. The van der Waals surface area contributed by atoms with Crippen molar-refractivity contribution in [3.8, 4) is 0 Å². The van der Waals surface area contributed by atoms with Gasteiger partial charge in [0.05, 0.1) is 29.3 Å². The normalized spacial score (nSPS) is 22.6. The number of pyridine rings is 1. The average Bonchev–Trinajstić information content (AvgIpc) is 3.29. The van der Waals surface area contributed by atoms with E-state index in [2.05, 4.69) is 20.5 Å². The van der Waals surface area contributed by atoms with Crippen LogP contribution in [-0.4, -0.2) is 57.0 Å². The number of carboxylic acids is 1. The third kappa shape index (κ3) is 5.17. The van der Waals surface area contributed by atoms with E-state index in [9.17, 15) is 14.3 Å². The maximum absolute atomic E-state index is 16.0. The van der Waals surface area contributed by atoms with Crippen molar-refractivity contribution in [1.29, 1.82) is 0 Å². The van der Waals surface area contributed by atoms with E-state index in [-0.39, 0.29) is 67.2 Å². The second-order valence-corrected chi connectivity index (χ2v) is 11.7. The highest BCUT2D eigenvalue weighted by molar-refractivity contribution is 6.30. The minimum absolute atomic E-state index is 0.0238. The lowest BCUT2D eigenvalue weighted by molar-refractivity contribution is -0.153. The van der Waals surface area contributed by atoms with Crippen molar-refractivity contribution in [2.45, 2.75) is 58.0 Å². The summed E-state index contributed by atoms with van der Waals surface area (Å²) in [6.07, 6.45) is 0.0980. The van der Waals surface area contributed by atoms with Gasteiger partial charge in [0.15, 0.2) is 23.3 Å². The van der Waals surface area contributed by atoms with Crippen LogP contribution in [0.25, 0.3) is 0 Å². The van der Waals surface area contributed by atoms with Crippen LogP contribution >= 0.6 is 11.6 Å². The SMILES string of the molecule is Cc1cc(Nc2nc(C[C@@]3(C(=O)O)CCN(Cc4cccc(Cl)c4F)[C@H](C)C3)c(F)c(C3(C)COC3)c2F)n[nH]1. The summed E-state index contributed by atoms with van der Waals surface area (Å²) in [7, 11) is 0. The van der Waals surface area contributed by atoms with Crippen LogP contribution in [0.1, 0.15) is 49.2 Å². The number of nitrogens with zero attached hydrogens (tertiary/aromatic N) is 3. The molecule has 12 heteroatoms. The highest BCUT2D eigenvalue weighted by atomic mass is 35.5. The fourth-order valence-corrected chi connectivity index (χ4v) is 5.92. The Labute approximate surface area is 234 Å². The van der Waals surface area contributed by atoms with Gasteiger partial charge in [0.1, 0.15) is 5.82 Å². The van der Waals surface area contributed by atoms with Crippen molar-refractivity contribution in [2.24, 2.45) is 5.41 Å². The second kappa shape index (κ2) is 10.7. The van der Waals surface area contributed by atoms with Gasteiger partial charge in [0.2, 0.25) is 0 Å². The molecule has 8 nitrogen and oxygen atoms in total. The van der Waals surface area contributed by atoms with Gasteiger partial charge < -0.3 is 15.2 Å². The molecule has 3 N–H and O–H groups in total. The van der Waals surface area contributed by atoms with E-state index < -0.39 is 34.3 Å². The summed E-state index contributed by atoms with van der Waals surface area (Å²) < 4.78 is 51.6. The number of hydrogen-bond acceptors (Lipinski definition) is 6. The lowest BCUT2D eigenvalue weighted by Crippen LogP contribution is -2.50. The minimum atomic E-state index is -1.36. The molecule has 0 saturated carbocycles. The monoisotopic (exact) mass is 577 g/mol. The molecule has 0 aliphatic carbocycles. The van der Waals surface area contributed by atoms with Gasteiger partial charge in [0, 0.05) is 47.3 Å². The number of aromatic amines is 1. The molecule has 2 aliphatic rings. The molecule has 0 amide bonds. The van der Waals surface area contributed by atoms with Crippen LogP contribution in [0.3, 0.4) is 0 Å². The van der Waals surface area contributed by atoms with E-state index in [1.165, 1.54) is 6.07 Å². The van der Waals surface area contributed by atoms with Crippen LogP contribution in [0.2, 0.25) is 5.02 Å². The number of anilines is 2. The predicted octanol–water partition coefficient (Wildman–Crippen LogP) is 5.51. The molecule has 2 saturated heterocycles. The molecule has 1 aromatic carbocycles. The molecular weight excluding hydrogens is 547 g/mol. The van der Waals surface area contributed by atoms with Crippen molar-refractivity contribution in [3.05, 3.63) is 69.3 Å². The highest BCUT2D eigenvalue weighted by Crippen LogP contribution is 2.43. The standard InChI is InChI=1S/C28H31ClF3N5O3/c1-15-9-20(36-35-15)34-25-24(32)21(27(3)13-40-14-27)23(31)19(33-25)11-28(26(38)39)7-8-37(16(2)10-28)12-17-5-4-6-18(29)22(17)30/h4-6,9,16H,7-8,10-14H2,1-3H3,(H,38,39)(H2,33,34,35,36)/t16-,28-/m1/s1. The molecule has 0 unspecified atom stereocenters. The Balaban J connectivity index is 1.46. The maximum atomic E-state index is 16.0.